The van der Waals surface area contributed by atoms with Crippen LogP contribution >= 0.6 is 0 Å². The fourth-order valence-electron chi connectivity index (χ4n) is 4.93. The lowest BCUT2D eigenvalue weighted by Crippen LogP contribution is -2.68. The van der Waals surface area contributed by atoms with Gasteiger partial charge in [0, 0.05) is 49.3 Å². The highest BCUT2D eigenvalue weighted by atomic mass is 15.5. The highest BCUT2D eigenvalue weighted by Gasteiger charge is 2.56. The van der Waals surface area contributed by atoms with Crippen molar-refractivity contribution in [3.63, 3.8) is 0 Å². The first-order valence-electron chi connectivity index (χ1n) is 9.46. The van der Waals surface area contributed by atoms with E-state index in [2.05, 4.69) is 47.8 Å². The van der Waals surface area contributed by atoms with Crippen molar-refractivity contribution in [1.82, 2.24) is 20.0 Å². The summed E-state index contributed by atoms with van der Waals surface area (Å²) in [4.78, 5) is 8.30. The van der Waals surface area contributed by atoms with Gasteiger partial charge in [-0.05, 0) is 53.0 Å². The van der Waals surface area contributed by atoms with Crippen molar-refractivity contribution in [2.24, 2.45) is 0 Å². The molecule has 2 aliphatic carbocycles. The Hall–Kier alpha value is -0.160. The Kier molecular flexibility index (Phi) is 3.61. The fourth-order valence-corrected chi connectivity index (χ4v) is 4.93. The zero-order valence-electron chi connectivity index (χ0n) is 14.9. The quantitative estimate of drug-likeness (QED) is 0.857. The average molecular weight is 306 g/mol. The predicted molar refractivity (Wildman–Crippen MR) is 91.0 cm³/mol. The van der Waals surface area contributed by atoms with Gasteiger partial charge in [0.25, 0.3) is 0 Å². The summed E-state index contributed by atoms with van der Waals surface area (Å²) in [5.74, 6) is 0. The maximum absolute atomic E-state index is 3.84. The Balaban J connectivity index is 1.53. The predicted octanol–water partition coefficient (Wildman–Crippen LogP) is 1.72. The maximum Gasteiger partial charge on any atom is 0.0603 e. The lowest BCUT2D eigenvalue weighted by molar-refractivity contribution is -0.0725. The number of rotatable bonds is 3. The first-order chi connectivity index (χ1) is 10.5. The molecule has 4 nitrogen and oxygen atoms in total. The Morgan fingerprint density at radius 2 is 1.91 bits per heavy atom. The van der Waals surface area contributed by atoms with E-state index in [0.717, 1.165) is 0 Å². The molecule has 2 saturated carbocycles. The second-order valence-electron chi connectivity index (χ2n) is 8.67. The van der Waals surface area contributed by atoms with E-state index in [1.165, 1.54) is 58.3 Å². The first-order valence-corrected chi connectivity index (χ1v) is 9.46. The Labute approximate surface area is 136 Å². The number of piperazine rings is 2. The van der Waals surface area contributed by atoms with Gasteiger partial charge < -0.3 is 10.2 Å². The van der Waals surface area contributed by atoms with Crippen LogP contribution in [0.2, 0.25) is 0 Å². The number of likely N-dealkylation sites (N-methyl/N-ethyl adjacent to an activating group) is 1. The Morgan fingerprint density at radius 3 is 2.50 bits per heavy atom. The molecule has 0 aromatic carbocycles. The second-order valence-corrected chi connectivity index (χ2v) is 8.67. The monoisotopic (exact) mass is 306 g/mol. The lowest BCUT2D eigenvalue weighted by Gasteiger charge is -2.53. The molecule has 3 atom stereocenters. The van der Waals surface area contributed by atoms with Crippen molar-refractivity contribution in [1.29, 1.82) is 0 Å². The van der Waals surface area contributed by atoms with Gasteiger partial charge in [-0.2, -0.15) is 0 Å². The molecule has 22 heavy (non-hydrogen) atoms. The number of hydrogen-bond donors (Lipinski definition) is 1. The maximum atomic E-state index is 3.84. The molecule has 0 aromatic heterocycles. The summed E-state index contributed by atoms with van der Waals surface area (Å²) < 4.78 is 0. The molecule has 1 N–H and O–H groups in total. The van der Waals surface area contributed by atoms with Crippen LogP contribution < -0.4 is 5.32 Å². The molecule has 4 fully saturated rings. The molecule has 126 valence electrons. The summed E-state index contributed by atoms with van der Waals surface area (Å²) in [5, 5.41) is 3.84. The van der Waals surface area contributed by atoms with Gasteiger partial charge in [0.1, 0.15) is 0 Å². The van der Waals surface area contributed by atoms with Crippen LogP contribution in [-0.4, -0.2) is 77.3 Å². The minimum absolute atomic E-state index is 0.481. The molecule has 4 rings (SSSR count). The van der Waals surface area contributed by atoms with Gasteiger partial charge in [-0.25, -0.2) is 0 Å². The lowest BCUT2D eigenvalue weighted by atomic mass is 10.0. The van der Waals surface area contributed by atoms with Crippen LogP contribution in [-0.2, 0) is 0 Å². The van der Waals surface area contributed by atoms with E-state index < -0.39 is 0 Å². The minimum atomic E-state index is 0.481. The van der Waals surface area contributed by atoms with Crippen LogP contribution in [0.1, 0.15) is 52.9 Å². The van der Waals surface area contributed by atoms with Crippen molar-refractivity contribution in [2.45, 2.75) is 82.2 Å². The van der Waals surface area contributed by atoms with Gasteiger partial charge in [0.05, 0.1) is 6.17 Å². The van der Waals surface area contributed by atoms with Crippen LogP contribution in [0.5, 0.6) is 0 Å². The summed E-state index contributed by atoms with van der Waals surface area (Å²) in [6.45, 7) is 12.2. The third-order valence-electron chi connectivity index (χ3n) is 7.12. The van der Waals surface area contributed by atoms with Crippen LogP contribution in [0.15, 0.2) is 0 Å². The molecule has 0 bridgehead atoms. The summed E-state index contributed by atoms with van der Waals surface area (Å²) in [5.41, 5.74) is 0.982. The molecule has 2 aliphatic heterocycles. The SMILES string of the molecule is CCC1CNC2(CC2)CN1C(C)N1CC(C)N(C)CC12CC2. The van der Waals surface area contributed by atoms with Gasteiger partial charge in [-0.1, -0.05) is 6.92 Å². The third-order valence-corrected chi connectivity index (χ3v) is 7.12. The van der Waals surface area contributed by atoms with Crippen molar-refractivity contribution < 1.29 is 0 Å². The normalized spacial score (nSPS) is 39.3. The largest absolute Gasteiger partial charge is 0.308 e. The van der Waals surface area contributed by atoms with E-state index in [4.69, 9.17) is 0 Å². The molecule has 0 amide bonds. The van der Waals surface area contributed by atoms with Crippen molar-refractivity contribution in [2.75, 3.05) is 33.2 Å². The summed E-state index contributed by atoms with van der Waals surface area (Å²) in [6.07, 6.45) is 7.45. The first kappa shape index (κ1) is 15.4. The molecule has 4 heteroatoms. The smallest absolute Gasteiger partial charge is 0.0603 e. The van der Waals surface area contributed by atoms with Gasteiger partial charge in [0.2, 0.25) is 0 Å². The third kappa shape index (κ3) is 2.43. The van der Waals surface area contributed by atoms with Crippen LogP contribution in [0.4, 0.5) is 0 Å². The van der Waals surface area contributed by atoms with E-state index in [1.54, 1.807) is 0 Å². The van der Waals surface area contributed by atoms with Gasteiger partial charge in [-0.3, -0.25) is 9.80 Å². The molecular formula is C18H34N4. The standard InChI is InChI=1S/C18H34N4/c1-5-16-10-19-17(6-7-17)12-21(16)15(3)22-11-14(2)20(4)13-18(22)8-9-18/h14-16,19H,5-13H2,1-4H3. The van der Waals surface area contributed by atoms with Crippen molar-refractivity contribution in [3.05, 3.63) is 0 Å². The summed E-state index contributed by atoms with van der Waals surface area (Å²) >= 11 is 0. The zero-order valence-corrected chi connectivity index (χ0v) is 14.9. The van der Waals surface area contributed by atoms with Gasteiger partial charge in [-0.15, -0.1) is 0 Å². The molecule has 2 heterocycles. The molecule has 0 aromatic rings. The Morgan fingerprint density at radius 1 is 1.18 bits per heavy atom. The molecule has 2 saturated heterocycles. The topological polar surface area (TPSA) is 21.8 Å². The van der Waals surface area contributed by atoms with E-state index in [1.807, 2.05) is 0 Å². The van der Waals surface area contributed by atoms with Crippen molar-refractivity contribution in [3.8, 4) is 0 Å². The number of hydrogen-bond acceptors (Lipinski definition) is 4. The van der Waals surface area contributed by atoms with Gasteiger partial charge >= 0.3 is 0 Å². The summed E-state index contributed by atoms with van der Waals surface area (Å²) in [7, 11) is 2.31. The van der Waals surface area contributed by atoms with E-state index in [9.17, 15) is 0 Å². The van der Waals surface area contributed by atoms with Crippen LogP contribution in [0.3, 0.4) is 0 Å². The number of nitrogens with one attached hydrogen (secondary N) is 1. The molecule has 4 aliphatic rings. The average Bonchev–Trinajstić information content (AvgIpc) is 3.42. The zero-order chi connectivity index (χ0) is 15.5. The van der Waals surface area contributed by atoms with E-state index in [0.29, 0.717) is 29.3 Å². The fraction of sp³-hybridized carbons (Fsp3) is 1.00. The van der Waals surface area contributed by atoms with Crippen LogP contribution in [0.25, 0.3) is 0 Å². The molecular weight excluding hydrogens is 272 g/mol. The minimum Gasteiger partial charge on any atom is -0.308 e. The molecule has 3 unspecified atom stereocenters. The number of nitrogens with zero attached hydrogens (tertiary/aromatic N) is 3. The molecule has 2 spiro atoms. The van der Waals surface area contributed by atoms with E-state index >= 15 is 0 Å². The van der Waals surface area contributed by atoms with Gasteiger partial charge in [0.15, 0.2) is 0 Å². The van der Waals surface area contributed by atoms with Crippen LogP contribution in [0, 0.1) is 0 Å². The van der Waals surface area contributed by atoms with E-state index in [-0.39, 0.29) is 0 Å². The Bertz CT molecular complexity index is 429. The highest BCUT2D eigenvalue weighted by Crippen LogP contribution is 2.47. The molecule has 0 radical (unpaired) electrons. The highest BCUT2D eigenvalue weighted by molar-refractivity contribution is 5.13. The second kappa shape index (κ2) is 5.17. The summed E-state index contributed by atoms with van der Waals surface area (Å²) in [6, 6.07) is 1.40. The van der Waals surface area contributed by atoms with Crippen molar-refractivity contribution >= 4 is 0 Å².